The van der Waals surface area contributed by atoms with Gasteiger partial charge >= 0.3 is 0 Å². The summed E-state index contributed by atoms with van der Waals surface area (Å²) in [5.74, 6) is 0.916. The third-order valence-electron chi connectivity index (χ3n) is 2.95. The van der Waals surface area contributed by atoms with Crippen molar-refractivity contribution in [2.75, 3.05) is 18.5 Å². The first-order valence-electron chi connectivity index (χ1n) is 6.48. The predicted molar refractivity (Wildman–Crippen MR) is 81.3 cm³/mol. The number of nitrogens with one attached hydrogen (secondary N) is 1. The van der Waals surface area contributed by atoms with Gasteiger partial charge in [0.1, 0.15) is 5.82 Å². The molecule has 0 spiro atoms. The van der Waals surface area contributed by atoms with Crippen molar-refractivity contribution in [1.82, 2.24) is 14.3 Å². The molecule has 7 heteroatoms. The SMILES string of the molecule is CCc1nsc(NCC(CO)Cc2ccncc2Cl)n1. The van der Waals surface area contributed by atoms with Crippen LogP contribution in [0.15, 0.2) is 18.5 Å². The molecule has 2 aromatic rings. The number of aryl methyl sites for hydroxylation is 1. The van der Waals surface area contributed by atoms with Crippen molar-refractivity contribution in [3.63, 3.8) is 0 Å². The van der Waals surface area contributed by atoms with Gasteiger partial charge in [-0.2, -0.15) is 4.37 Å². The minimum absolute atomic E-state index is 0.0730. The summed E-state index contributed by atoms with van der Waals surface area (Å²) < 4.78 is 4.21. The van der Waals surface area contributed by atoms with Gasteiger partial charge in [-0.05, 0) is 18.1 Å². The first-order valence-corrected chi connectivity index (χ1v) is 7.63. The maximum Gasteiger partial charge on any atom is 0.202 e. The van der Waals surface area contributed by atoms with Crippen molar-refractivity contribution in [3.8, 4) is 0 Å². The fourth-order valence-corrected chi connectivity index (χ4v) is 2.64. The second-order valence-electron chi connectivity index (χ2n) is 4.47. The number of aliphatic hydroxyl groups excluding tert-OH is 1. The molecular weight excluding hydrogens is 296 g/mol. The van der Waals surface area contributed by atoms with E-state index in [9.17, 15) is 5.11 Å². The van der Waals surface area contributed by atoms with Gasteiger partial charge < -0.3 is 10.4 Å². The van der Waals surface area contributed by atoms with Gasteiger partial charge in [0.25, 0.3) is 0 Å². The van der Waals surface area contributed by atoms with Crippen molar-refractivity contribution in [3.05, 3.63) is 34.9 Å². The molecule has 2 heterocycles. The van der Waals surface area contributed by atoms with Gasteiger partial charge in [-0.1, -0.05) is 18.5 Å². The van der Waals surface area contributed by atoms with Gasteiger partial charge in [-0.25, -0.2) is 4.98 Å². The zero-order valence-electron chi connectivity index (χ0n) is 11.2. The van der Waals surface area contributed by atoms with Crippen LogP contribution in [0, 0.1) is 5.92 Å². The Kier molecular flexibility index (Phi) is 5.70. The lowest BCUT2D eigenvalue weighted by atomic mass is 10.0. The number of pyridine rings is 1. The predicted octanol–water partition coefficient (Wildman–Crippen LogP) is 2.41. The van der Waals surface area contributed by atoms with Crippen molar-refractivity contribution in [2.45, 2.75) is 19.8 Å². The highest BCUT2D eigenvalue weighted by Gasteiger charge is 2.12. The van der Waals surface area contributed by atoms with E-state index in [-0.39, 0.29) is 12.5 Å². The summed E-state index contributed by atoms with van der Waals surface area (Å²) in [6.45, 7) is 2.74. The molecule has 0 fully saturated rings. The monoisotopic (exact) mass is 312 g/mol. The van der Waals surface area contributed by atoms with Crippen molar-refractivity contribution < 1.29 is 5.11 Å². The second kappa shape index (κ2) is 7.52. The third-order valence-corrected chi connectivity index (χ3v) is 4.00. The lowest BCUT2D eigenvalue weighted by Gasteiger charge is -2.15. The Balaban J connectivity index is 1.91. The highest BCUT2D eigenvalue weighted by molar-refractivity contribution is 7.09. The van der Waals surface area contributed by atoms with Crippen LogP contribution in [-0.4, -0.2) is 32.6 Å². The quantitative estimate of drug-likeness (QED) is 0.821. The number of hydrogen-bond acceptors (Lipinski definition) is 6. The maximum absolute atomic E-state index is 9.48. The molecule has 0 aliphatic heterocycles. The highest BCUT2D eigenvalue weighted by Crippen LogP contribution is 2.19. The highest BCUT2D eigenvalue weighted by atomic mass is 35.5. The van der Waals surface area contributed by atoms with Crippen LogP contribution in [0.5, 0.6) is 0 Å². The van der Waals surface area contributed by atoms with Crippen molar-refractivity contribution in [2.24, 2.45) is 5.92 Å². The standard InChI is InChI=1S/C13H17ClN4OS/c1-2-12-17-13(20-18-12)16-6-9(8-19)5-10-3-4-15-7-11(10)14/h3-4,7,9,19H,2,5-6,8H2,1H3,(H,16,17,18). The van der Waals surface area contributed by atoms with Crippen LogP contribution >= 0.6 is 23.1 Å². The van der Waals surface area contributed by atoms with Gasteiger partial charge in [-0.3, -0.25) is 4.98 Å². The average Bonchev–Trinajstić information content (AvgIpc) is 2.93. The molecule has 2 N–H and O–H groups in total. The minimum Gasteiger partial charge on any atom is -0.396 e. The molecule has 1 unspecified atom stereocenters. The Morgan fingerprint density at radius 1 is 1.50 bits per heavy atom. The van der Waals surface area contributed by atoms with E-state index in [0.29, 0.717) is 18.0 Å². The summed E-state index contributed by atoms with van der Waals surface area (Å²) >= 11 is 7.43. The number of anilines is 1. The Morgan fingerprint density at radius 3 is 3.00 bits per heavy atom. The number of rotatable bonds is 7. The summed E-state index contributed by atoms with van der Waals surface area (Å²) in [7, 11) is 0. The van der Waals surface area contributed by atoms with Gasteiger partial charge in [0.2, 0.25) is 5.13 Å². The molecule has 20 heavy (non-hydrogen) atoms. The Labute approximate surface area is 127 Å². The molecule has 0 aliphatic rings. The number of aliphatic hydroxyl groups is 1. The van der Waals surface area contributed by atoms with Crippen molar-refractivity contribution in [1.29, 1.82) is 0 Å². The van der Waals surface area contributed by atoms with E-state index in [2.05, 4.69) is 19.7 Å². The van der Waals surface area contributed by atoms with E-state index in [1.807, 2.05) is 13.0 Å². The van der Waals surface area contributed by atoms with E-state index in [1.54, 1.807) is 12.4 Å². The fourth-order valence-electron chi connectivity index (χ4n) is 1.78. The number of nitrogens with zero attached hydrogens (tertiary/aromatic N) is 3. The lowest BCUT2D eigenvalue weighted by Crippen LogP contribution is -2.20. The van der Waals surface area contributed by atoms with Gasteiger partial charge in [0, 0.05) is 49.4 Å². The number of halogens is 1. The number of aromatic nitrogens is 3. The molecule has 2 rings (SSSR count). The van der Waals surface area contributed by atoms with E-state index >= 15 is 0 Å². The molecule has 0 saturated heterocycles. The van der Waals surface area contributed by atoms with Crippen LogP contribution in [-0.2, 0) is 12.8 Å². The Bertz CT molecular complexity index is 549. The van der Waals surface area contributed by atoms with Crippen LogP contribution in [0.4, 0.5) is 5.13 Å². The van der Waals surface area contributed by atoms with Crippen LogP contribution in [0.2, 0.25) is 5.02 Å². The van der Waals surface area contributed by atoms with E-state index in [4.69, 9.17) is 11.6 Å². The Morgan fingerprint density at radius 2 is 2.35 bits per heavy atom. The van der Waals surface area contributed by atoms with E-state index in [0.717, 1.165) is 22.9 Å². The summed E-state index contributed by atoms with van der Waals surface area (Å²) in [5, 5.41) is 14.1. The molecule has 5 nitrogen and oxygen atoms in total. The molecule has 0 aromatic carbocycles. The van der Waals surface area contributed by atoms with Crippen LogP contribution in [0.1, 0.15) is 18.3 Å². The normalized spacial score (nSPS) is 12.3. The summed E-state index contributed by atoms with van der Waals surface area (Å²) in [6, 6.07) is 1.88. The summed E-state index contributed by atoms with van der Waals surface area (Å²) in [5.41, 5.74) is 0.994. The molecule has 1 atom stereocenters. The summed E-state index contributed by atoms with van der Waals surface area (Å²) in [6.07, 6.45) is 4.86. The molecule has 0 saturated carbocycles. The van der Waals surface area contributed by atoms with Gasteiger partial charge in [-0.15, -0.1) is 0 Å². The zero-order valence-corrected chi connectivity index (χ0v) is 12.8. The van der Waals surface area contributed by atoms with Crippen LogP contribution < -0.4 is 5.32 Å². The molecule has 0 radical (unpaired) electrons. The topological polar surface area (TPSA) is 70.9 Å². The Hall–Kier alpha value is -1.24. The molecule has 0 amide bonds. The van der Waals surface area contributed by atoms with Gasteiger partial charge in [0.05, 0.1) is 5.02 Å². The average molecular weight is 313 g/mol. The van der Waals surface area contributed by atoms with E-state index in [1.165, 1.54) is 11.5 Å². The molecule has 0 bridgehead atoms. The molecule has 108 valence electrons. The fraction of sp³-hybridized carbons (Fsp3) is 0.462. The van der Waals surface area contributed by atoms with Crippen molar-refractivity contribution >= 4 is 28.3 Å². The molecular formula is C13H17ClN4OS. The largest absolute Gasteiger partial charge is 0.396 e. The van der Waals surface area contributed by atoms with Gasteiger partial charge in [0.15, 0.2) is 0 Å². The maximum atomic E-state index is 9.48. The van der Waals surface area contributed by atoms with Crippen LogP contribution in [0.25, 0.3) is 0 Å². The number of hydrogen-bond donors (Lipinski definition) is 2. The third kappa shape index (κ3) is 4.13. The molecule has 2 aromatic heterocycles. The lowest BCUT2D eigenvalue weighted by molar-refractivity contribution is 0.232. The zero-order chi connectivity index (χ0) is 14.4. The van der Waals surface area contributed by atoms with Crippen LogP contribution in [0.3, 0.4) is 0 Å². The summed E-state index contributed by atoms with van der Waals surface area (Å²) in [4.78, 5) is 8.30. The minimum atomic E-state index is 0.0730. The second-order valence-corrected chi connectivity index (χ2v) is 5.63. The first-order chi connectivity index (χ1) is 9.72. The molecule has 0 aliphatic carbocycles. The van der Waals surface area contributed by atoms with E-state index < -0.39 is 0 Å². The smallest absolute Gasteiger partial charge is 0.202 e. The first kappa shape index (κ1) is 15.2.